The third kappa shape index (κ3) is 5.67. The van der Waals surface area contributed by atoms with E-state index in [9.17, 15) is 14.0 Å². The van der Waals surface area contributed by atoms with Gasteiger partial charge in [-0.15, -0.1) is 0 Å². The lowest BCUT2D eigenvalue weighted by atomic mass is 9.94. The van der Waals surface area contributed by atoms with Gasteiger partial charge in [0.2, 0.25) is 5.91 Å². The fourth-order valence-electron chi connectivity index (χ4n) is 3.58. The Labute approximate surface area is 185 Å². The largest absolute Gasteiger partial charge is 0.354 e. The topological polar surface area (TPSA) is 61.4 Å². The van der Waals surface area contributed by atoms with Crippen molar-refractivity contribution in [2.24, 2.45) is 0 Å². The van der Waals surface area contributed by atoms with Gasteiger partial charge in [-0.05, 0) is 65.5 Å². The summed E-state index contributed by atoms with van der Waals surface area (Å²) >= 11 is 3.24. The fraction of sp³-hybridized carbons (Fsp3) is 0.391. The molecule has 0 aromatic heterocycles. The van der Waals surface area contributed by atoms with Crippen LogP contribution in [-0.2, 0) is 17.8 Å². The van der Waals surface area contributed by atoms with Gasteiger partial charge >= 0.3 is 0 Å². The smallest absolute Gasteiger partial charge is 0.252 e. The van der Waals surface area contributed by atoms with E-state index >= 15 is 0 Å². The summed E-state index contributed by atoms with van der Waals surface area (Å²) in [6, 6.07) is 12.4. The second-order valence-electron chi connectivity index (χ2n) is 8.16. The third-order valence-corrected chi connectivity index (χ3v) is 6.21. The lowest BCUT2D eigenvalue weighted by molar-refractivity contribution is -0.121. The van der Waals surface area contributed by atoms with Gasteiger partial charge in [-0.3, -0.25) is 14.5 Å². The first-order valence-corrected chi connectivity index (χ1v) is 10.9. The number of nitrogens with zero attached hydrogens (tertiary/aromatic N) is 1. The average molecular weight is 476 g/mol. The lowest BCUT2D eigenvalue weighted by Crippen LogP contribution is -2.53. The molecule has 30 heavy (non-hydrogen) atoms. The maximum Gasteiger partial charge on any atom is 0.252 e. The molecule has 2 N–H and O–H groups in total. The van der Waals surface area contributed by atoms with E-state index in [2.05, 4.69) is 69.6 Å². The van der Waals surface area contributed by atoms with Crippen LogP contribution in [0.25, 0.3) is 0 Å². The molecule has 0 bridgehead atoms. The quantitative estimate of drug-likeness (QED) is 0.642. The molecular formula is C23H27BrFN3O2. The molecule has 0 atom stereocenters. The van der Waals surface area contributed by atoms with Crippen LogP contribution in [0.1, 0.15) is 41.8 Å². The number of fused-ring (bicyclic) bond motifs is 1. The van der Waals surface area contributed by atoms with Crippen molar-refractivity contribution in [3.05, 3.63) is 69.4 Å². The summed E-state index contributed by atoms with van der Waals surface area (Å²) in [6.45, 7) is 6.80. The van der Waals surface area contributed by atoms with Crippen molar-refractivity contribution in [2.75, 3.05) is 19.6 Å². The minimum Gasteiger partial charge on any atom is -0.354 e. The van der Waals surface area contributed by atoms with Crippen LogP contribution >= 0.6 is 15.9 Å². The Morgan fingerprint density at radius 3 is 2.63 bits per heavy atom. The molecular weight excluding hydrogens is 449 g/mol. The van der Waals surface area contributed by atoms with E-state index in [1.54, 1.807) is 0 Å². The molecule has 1 heterocycles. The molecule has 0 fully saturated rings. The van der Waals surface area contributed by atoms with Crippen LogP contribution in [-0.4, -0.2) is 41.9 Å². The van der Waals surface area contributed by atoms with Crippen molar-refractivity contribution < 1.29 is 14.0 Å². The Morgan fingerprint density at radius 2 is 1.87 bits per heavy atom. The van der Waals surface area contributed by atoms with Gasteiger partial charge in [0.1, 0.15) is 5.82 Å². The van der Waals surface area contributed by atoms with Crippen LogP contribution in [0.2, 0.25) is 0 Å². The van der Waals surface area contributed by atoms with Crippen LogP contribution in [0, 0.1) is 5.82 Å². The van der Waals surface area contributed by atoms with Crippen LogP contribution < -0.4 is 10.6 Å². The van der Waals surface area contributed by atoms with Crippen LogP contribution in [0.15, 0.2) is 46.9 Å². The highest BCUT2D eigenvalue weighted by Crippen LogP contribution is 2.25. The van der Waals surface area contributed by atoms with Crippen LogP contribution in [0.3, 0.4) is 0 Å². The SMILES string of the molecule is CC(C)(CNC(=O)CCNC(=O)c1cc(F)ccc1Br)N1CCc2ccccc2C1. The van der Waals surface area contributed by atoms with Gasteiger partial charge in [0.05, 0.1) is 5.56 Å². The third-order valence-electron chi connectivity index (χ3n) is 5.52. The summed E-state index contributed by atoms with van der Waals surface area (Å²) in [5.74, 6) is -1.02. The van der Waals surface area contributed by atoms with Crippen molar-refractivity contribution in [1.29, 1.82) is 0 Å². The Balaban J connectivity index is 1.44. The van der Waals surface area contributed by atoms with E-state index in [1.807, 2.05) is 0 Å². The highest BCUT2D eigenvalue weighted by atomic mass is 79.9. The number of rotatable bonds is 7. The Bertz CT molecular complexity index is 932. The second-order valence-corrected chi connectivity index (χ2v) is 9.01. The van der Waals surface area contributed by atoms with E-state index in [0.717, 1.165) is 19.5 Å². The number of hydrogen-bond donors (Lipinski definition) is 2. The molecule has 2 aromatic rings. The molecule has 2 aromatic carbocycles. The zero-order chi connectivity index (χ0) is 21.7. The zero-order valence-electron chi connectivity index (χ0n) is 17.3. The molecule has 160 valence electrons. The molecule has 2 amide bonds. The minimum atomic E-state index is -0.483. The highest BCUT2D eigenvalue weighted by Gasteiger charge is 2.30. The number of benzene rings is 2. The first-order chi connectivity index (χ1) is 14.3. The van der Waals surface area contributed by atoms with Crippen molar-refractivity contribution in [3.8, 4) is 0 Å². The van der Waals surface area contributed by atoms with Crippen molar-refractivity contribution in [1.82, 2.24) is 15.5 Å². The van der Waals surface area contributed by atoms with Crippen molar-refractivity contribution in [3.63, 3.8) is 0 Å². The number of carbonyl (C=O) groups excluding carboxylic acids is 2. The summed E-state index contributed by atoms with van der Waals surface area (Å²) in [5.41, 5.74) is 2.77. The van der Waals surface area contributed by atoms with Gasteiger partial charge in [0.15, 0.2) is 0 Å². The highest BCUT2D eigenvalue weighted by molar-refractivity contribution is 9.10. The van der Waals surface area contributed by atoms with Gasteiger partial charge in [-0.1, -0.05) is 24.3 Å². The predicted molar refractivity (Wildman–Crippen MR) is 119 cm³/mol. The van der Waals surface area contributed by atoms with E-state index in [0.29, 0.717) is 11.0 Å². The first kappa shape index (κ1) is 22.4. The Kier molecular flexibility index (Phi) is 7.26. The predicted octanol–water partition coefficient (Wildman–Crippen LogP) is 3.66. The average Bonchev–Trinajstić information content (AvgIpc) is 2.73. The van der Waals surface area contributed by atoms with Gasteiger partial charge in [0.25, 0.3) is 5.91 Å². The molecule has 0 aliphatic carbocycles. The van der Waals surface area contributed by atoms with Crippen LogP contribution in [0.5, 0.6) is 0 Å². The molecule has 5 nitrogen and oxygen atoms in total. The molecule has 0 radical (unpaired) electrons. The molecule has 1 aliphatic heterocycles. The number of nitrogens with one attached hydrogen (secondary N) is 2. The summed E-state index contributed by atoms with van der Waals surface area (Å²) in [7, 11) is 0. The van der Waals surface area contributed by atoms with E-state index in [1.165, 1.54) is 29.3 Å². The zero-order valence-corrected chi connectivity index (χ0v) is 18.9. The monoisotopic (exact) mass is 475 g/mol. The number of amides is 2. The van der Waals surface area contributed by atoms with Gasteiger partial charge in [-0.25, -0.2) is 4.39 Å². The normalized spacial score (nSPS) is 14.1. The fourth-order valence-corrected chi connectivity index (χ4v) is 4.01. The van der Waals surface area contributed by atoms with Crippen molar-refractivity contribution in [2.45, 2.75) is 38.8 Å². The van der Waals surface area contributed by atoms with Gasteiger partial charge < -0.3 is 10.6 Å². The van der Waals surface area contributed by atoms with E-state index < -0.39 is 11.7 Å². The summed E-state index contributed by atoms with van der Waals surface area (Å²) in [6.07, 6.45) is 1.17. The maximum absolute atomic E-state index is 13.3. The number of carbonyl (C=O) groups is 2. The molecule has 0 unspecified atom stereocenters. The standard InChI is InChI=1S/C23H27BrFN3O2/c1-23(2,28-12-10-16-5-3-4-6-17(16)14-28)15-27-21(29)9-11-26-22(30)19-13-18(25)7-8-20(19)24/h3-8,13H,9-12,14-15H2,1-2H3,(H,26,30)(H,27,29). The lowest BCUT2D eigenvalue weighted by Gasteiger charge is -2.41. The van der Waals surface area contributed by atoms with E-state index in [4.69, 9.17) is 0 Å². The molecule has 7 heteroatoms. The Hall–Kier alpha value is -2.25. The first-order valence-electron chi connectivity index (χ1n) is 10.1. The number of hydrogen-bond acceptors (Lipinski definition) is 3. The van der Waals surface area contributed by atoms with E-state index in [-0.39, 0.29) is 30.0 Å². The molecule has 3 rings (SSSR count). The minimum absolute atomic E-state index is 0.126. The maximum atomic E-state index is 13.3. The van der Waals surface area contributed by atoms with Gasteiger partial charge in [0, 0.05) is 42.6 Å². The van der Waals surface area contributed by atoms with Crippen molar-refractivity contribution >= 4 is 27.7 Å². The number of halogens is 2. The molecule has 0 saturated carbocycles. The molecule has 0 spiro atoms. The molecule has 0 saturated heterocycles. The summed E-state index contributed by atoms with van der Waals surface area (Å²) in [5, 5.41) is 5.64. The van der Waals surface area contributed by atoms with Crippen LogP contribution in [0.4, 0.5) is 4.39 Å². The summed E-state index contributed by atoms with van der Waals surface area (Å²) in [4.78, 5) is 26.8. The summed E-state index contributed by atoms with van der Waals surface area (Å²) < 4.78 is 13.8. The second kappa shape index (κ2) is 9.71. The Morgan fingerprint density at radius 1 is 1.13 bits per heavy atom. The van der Waals surface area contributed by atoms with Gasteiger partial charge in [-0.2, -0.15) is 0 Å². The molecule has 1 aliphatic rings.